The highest BCUT2D eigenvalue weighted by Gasteiger charge is 2.28. The van der Waals surface area contributed by atoms with Crippen molar-refractivity contribution in [3.63, 3.8) is 0 Å². The van der Waals surface area contributed by atoms with Gasteiger partial charge in [-0.2, -0.15) is 0 Å². The van der Waals surface area contributed by atoms with Gasteiger partial charge in [0.15, 0.2) is 0 Å². The monoisotopic (exact) mass is 620 g/mol. The van der Waals surface area contributed by atoms with Gasteiger partial charge in [-0.15, -0.1) is 0 Å². The average Bonchev–Trinajstić information content (AvgIpc) is 3.49. The largest absolute Gasteiger partial charge is 0.275 e. The number of aliphatic imine (C=N–C) groups is 1. The minimum atomic E-state index is 0.124. The van der Waals surface area contributed by atoms with Gasteiger partial charge in [0.1, 0.15) is 5.04 Å². The van der Waals surface area contributed by atoms with Crippen molar-refractivity contribution >= 4 is 59.9 Å². The van der Waals surface area contributed by atoms with E-state index in [1.807, 2.05) is 18.0 Å². The fourth-order valence-corrected chi connectivity index (χ4v) is 8.09. The fraction of sp³-hybridized carbons (Fsp3) is 0.0909. The van der Waals surface area contributed by atoms with Gasteiger partial charge in [-0.05, 0) is 109 Å². The Bertz CT molecular complexity index is 2540. The highest BCUT2D eigenvalue weighted by atomic mass is 32.2. The molecule has 1 aromatic heterocycles. The summed E-state index contributed by atoms with van der Waals surface area (Å²) in [5.41, 5.74) is 8.18. The minimum absolute atomic E-state index is 0.124. The smallest absolute Gasteiger partial charge is 0.117 e. The molecule has 2 nitrogen and oxygen atoms in total. The minimum Gasteiger partial charge on any atom is -0.275 e. The maximum absolute atomic E-state index is 4.89. The Hall–Kier alpha value is -5.25. The van der Waals surface area contributed by atoms with E-state index in [9.17, 15) is 0 Å². The molecule has 0 fully saturated rings. The molecule has 0 aliphatic carbocycles. The Kier molecular flexibility index (Phi) is 6.51. The second kappa shape index (κ2) is 10.9. The summed E-state index contributed by atoms with van der Waals surface area (Å²) in [4.78, 5) is 9.66. The summed E-state index contributed by atoms with van der Waals surface area (Å²) in [6, 6.07) is 51.1. The van der Waals surface area contributed by atoms with Gasteiger partial charge >= 0.3 is 0 Å². The Labute approximate surface area is 278 Å². The molecule has 0 radical (unpaired) electrons. The zero-order chi connectivity index (χ0) is 31.5. The molecule has 1 aliphatic heterocycles. The van der Waals surface area contributed by atoms with Crippen LogP contribution in [-0.4, -0.2) is 21.3 Å². The molecule has 0 bridgehead atoms. The summed E-state index contributed by atoms with van der Waals surface area (Å²) in [5.74, 6) is 0. The zero-order valence-corrected chi connectivity index (χ0v) is 27.2. The SMILES string of the molecule is CC1(C)CN=C(c2ccc(-c3ccc4c(-c5ccc6ccccc6c5)c5ccccc5c(-c5ccc6ccccc6c5)c4c3)cn2)S1. The Morgan fingerprint density at radius 1 is 0.489 bits per heavy atom. The molecule has 0 saturated heterocycles. The third-order valence-corrected chi connectivity index (χ3v) is 10.6. The molecule has 47 heavy (non-hydrogen) atoms. The number of pyridine rings is 1. The van der Waals surface area contributed by atoms with Gasteiger partial charge in [-0.1, -0.05) is 127 Å². The first-order valence-corrected chi connectivity index (χ1v) is 17.0. The van der Waals surface area contributed by atoms with E-state index >= 15 is 0 Å². The zero-order valence-electron chi connectivity index (χ0n) is 26.4. The lowest BCUT2D eigenvalue weighted by Crippen LogP contribution is -2.14. The van der Waals surface area contributed by atoms with E-state index < -0.39 is 0 Å². The first kappa shape index (κ1) is 28.0. The number of benzene rings is 7. The van der Waals surface area contributed by atoms with Gasteiger partial charge in [0.05, 0.1) is 12.2 Å². The van der Waals surface area contributed by atoms with E-state index in [0.29, 0.717) is 0 Å². The summed E-state index contributed by atoms with van der Waals surface area (Å²) < 4.78 is 0.124. The van der Waals surface area contributed by atoms with Crippen LogP contribution in [0.25, 0.3) is 76.5 Å². The predicted molar refractivity (Wildman–Crippen MR) is 204 cm³/mol. The van der Waals surface area contributed by atoms with Crippen LogP contribution in [0.4, 0.5) is 0 Å². The maximum atomic E-state index is 4.89. The van der Waals surface area contributed by atoms with Crippen LogP contribution in [0.5, 0.6) is 0 Å². The molecule has 9 rings (SSSR count). The summed E-state index contributed by atoms with van der Waals surface area (Å²) in [6.07, 6.45) is 2.01. The standard InChI is InChI=1S/C44H32N2S/c1-44(2)27-46-43(47-44)40-22-20-35(26-45-40)32-19-21-38-39(25-32)42(34-18-16-29-10-4-6-12-31(29)24-34)37-14-8-7-13-36(37)41(38)33-17-15-28-9-3-5-11-30(28)23-33/h3-26H,27H2,1-2H3. The number of thioether (sulfide) groups is 1. The summed E-state index contributed by atoms with van der Waals surface area (Å²) in [7, 11) is 0. The van der Waals surface area contributed by atoms with Gasteiger partial charge in [-0.3, -0.25) is 9.98 Å². The van der Waals surface area contributed by atoms with Crippen molar-refractivity contribution in [2.24, 2.45) is 4.99 Å². The summed E-state index contributed by atoms with van der Waals surface area (Å²) >= 11 is 1.81. The van der Waals surface area contributed by atoms with Crippen molar-refractivity contribution in [3.8, 4) is 33.4 Å². The molecule has 0 N–H and O–H groups in total. The van der Waals surface area contributed by atoms with Crippen LogP contribution in [-0.2, 0) is 0 Å². The summed E-state index contributed by atoms with van der Waals surface area (Å²) in [5, 5.41) is 11.0. The van der Waals surface area contributed by atoms with Crippen LogP contribution in [0.3, 0.4) is 0 Å². The van der Waals surface area contributed by atoms with Crippen LogP contribution in [0.2, 0.25) is 0 Å². The second-order valence-corrected chi connectivity index (χ2v) is 14.8. The van der Waals surface area contributed by atoms with Crippen molar-refractivity contribution < 1.29 is 0 Å². The normalized spacial score (nSPS) is 14.3. The molecule has 8 aromatic rings. The maximum Gasteiger partial charge on any atom is 0.117 e. The quantitative estimate of drug-likeness (QED) is 0.183. The van der Waals surface area contributed by atoms with Crippen molar-refractivity contribution in [1.82, 2.24) is 4.98 Å². The van der Waals surface area contributed by atoms with E-state index in [0.717, 1.165) is 28.4 Å². The highest BCUT2D eigenvalue weighted by molar-refractivity contribution is 8.15. The van der Waals surface area contributed by atoms with Gasteiger partial charge in [0.2, 0.25) is 0 Å². The van der Waals surface area contributed by atoms with Crippen LogP contribution >= 0.6 is 11.8 Å². The van der Waals surface area contributed by atoms with Crippen LogP contribution < -0.4 is 0 Å². The third-order valence-electron chi connectivity index (χ3n) is 9.39. The van der Waals surface area contributed by atoms with E-state index in [2.05, 4.69) is 153 Å². The Balaban J connectivity index is 1.30. The molecular weight excluding hydrogens is 589 g/mol. The van der Waals surface area contributed by atoms with Crippen molar-refractivity contribution in [3.05, 3.63) is 151 Å². The highest BCUT2D eigenvalue weighted by Crippen LogP contribution is 2.45. The number of rotatable bonds is 4. The molecule has 0 atom stereocenters. The van der Waals surface area contributed by atoms with Crippen LogP contribution in [0, 0.1) is 0 Å². The molecule has 0 unspecified atom stereocenters. The molecule has 0 amide bonds. The number of hydrogen-bond donors (Lipinski definition) is 0. The molecule has 2 heterocycles. The first-order valence-electron chi connectivity index (χ1n) is 16.2. The second-order valence-electron chi connectivity index (χ2n) is 13.1. The van der Waals surface area contributed by atoms with Gasteiger partial charge in [0, 0.05) is 16.5 Å². The Morgan fingerprint density at radius 3 is 1.60 bits per heavy atom. The van der Waals surface area contributed by atoms with Crippen LogP contribution in [0.1, 0.15) is 19.5 Å². The number of fused-ring (bicyclic) bond motifs is 4. The predicted octanol–water partition coefficient (Wildman–Crippen LogP) is 12.0. The first-order chi connectivity index (χ1) is 23.0. The lowest BCUT2D eigenvalue weighted by Gasteiger charge is -2.19. The van der Waals surface area contributed by atoms with Gasteiger partial charge in [-0.25, -0.2) is 0 Å². The molecule has 0 saturated carbocycles. The Morgan fingerprint density at radius 2 is 1.02 bits per heavy atom. The van der Waals surface area contributed by atoms with Crippen molar-refractivity contribution in [1.29, 1.82) is 0 Å². The molecular formula is C44H32N2S. The molecule has 224 valence electrons. The van der Waals surface area contributed by atoms with E-state index in [1.54, 1.807) is 0 Å². The van der Waals surface area contributed by atoms with E-state index in [4.69, 9.17) is 9.98 Å². The molecule has 7 aromatic carbocycles. The molecule has 1 aliphatic rings. The summed E-state index contributed by atoms with van der Waals surface area (Å²) in [6.45, 7) is 5.30. The lowest BCUT2D eigenvalue weighted by atomic mass is 9.84. The van der Waals surface area contributed by atoms with Gasteiger partial charge in [0.25, 0.3) is 0 Å². The lowest BCUT2D eigenvalue weighted by molar-refractivity contribution is 0.741. The van der Waals surface area contributed by atoms with Gasteiger partial charge < -0.3 is 0 Å². The number of aromatic nitrogens is 1. The topological polar surface area (TPSA) is 25.2 Å². The van der Waals surface area contributed by atoms with E-state index in [1.165, 1.54) is 65.3 Å². The number of nitrogens with zero attached hydrogens (tertiary/aromatic N) is 2. The average molecular weight is 621 g/mol. The van der Waals surface area contributed by atoms with E-state index in [-0.39, 0.29) is 4.75 Å². The van der Waals surface area contributed by atoms with Crippen molar-refractivity contribution in [2.45, 2.75) is 18.6 Å². The molecule has 3 heteroatoms. The fourth-order valence-electron chi connectivity index (χ4n) is 7.08. The van der Waals surface area contributed by atoms with Crippen LogP contribution in [0.15, 0.2) is 151 Å². The van der Waals surface area contributed by atoms with Crippen molar-refractivity contribution in [2.75, 3.05) is 6.54 Å². The number of hydrogen-bond acceptors (Lipinski definition) is 3. The third kappa shape index (κ3) is 4.90. The molecule has 0 spiro atoms.